The average Bonchev–Trinajstić information content (AvgIpc) is 3.29. The van der Waals surface area contributed by atoms with Crippen LogP contribution in [0.2, 0.25) is 0 Å². The van der Waals surface area contributed by atoms with E-state index in [1.807, 2.05) is 80.6 Å². The number of anilines is 1. The van der Waals surface area contributed by atoms with Crippen molar-refractivity contribution in [1.29, 1.82) is 0 Å². The Bertz CT molecular complexity index is 1370. The molecule has 168 valence electrons. The van der Waals surface area contributed by atoms with Gasteiger partial charge >= 0.3 is 0 Å². The quantitative estimate of drug-likeness (QED) is 0.382. The molecule has 4 rings (SSSR count). The molecule has 0 unspecified atom stereocenters. The summed E-state index contributed by atoms with van der Waals surface area (Å²) in [5.74, 6) is -0.384. The van der Waals surface area contributed by atoms with E-state index >= 15 is 0 Å². The van der Waals surface area contributed by atoms with Gasteiger partial charge in [-0.2, -0.15) is 4.72 Å². The Hall–Kier alpha value is -3.40. The van der Waals surface area contributed by atoms with Gasteiger partial charge in [-0.05, 0) is 42.7 Å². The van der Waals surface area contributed by atoms with E-state index in [0.29, 0.717) is 5.56 Å². The number of nitrogens with zero attached hydrogens (tertiary/aromatic N) is 2. The second kappa shape index (κ2) is 9.62. The minimum atomic E-state index is -4.01. The van der Waals surface area contributed by atoms with Crippen LogP contribution in [-0.4, -0.2) is 24.5 Å². The van der Waals surface area contributed by atoms with E-state index in [1.165, 1.54) is 0 Å². The maximum atomic E-state index is 13.2. The molecule has 0 spiro atoms. The number of benzene rings is 3. The van der Waals surface area contributed by atoms with Crippen molar-refractivity contribution < 1.29 is 13.2 Å². The van der Waals surface area contributed by atoms with Crippen LogP contribution in [0.5, 0.6) is 0 Å². The molecule has 0 radical (unpaired) electrons. The van der Waals surface area contributed by atoms with Crippen molar-refractivity contribution in [2.45, 2.75) is 24.2 Å². The van der Waals surface area contributed by atoms with Crippen LogP contribution in [0.25, 0.3) is 0 Å². The molecule has 4 aromatic rings. The lowest BCUT2D eigenvalue weighted by Gasteiger charge is -2.20. The van der Waals surface area contributed by atoms with E-state index in [4.69, 9.17) is 0 Å². The molecule has 0 saturated carbocycles. The summed E-state index contributed by atoms with van der Waals surface area (Å²) < 4.78 is 28.9. The average molecular weight is 479 g/mol. The summed E-state index contributed by atoms with van der Waals surface area (Å²) in [6.45, 7) is 3.86. The molecule has 0 saturated heterocycles. The largest absolute Gasteiger partial charge is 0.296 e. The molecule has 1 atom stereocenters. The summed E-state index contributed by atoms with van der Waals surface area (Å²) in [6.07, 6.45) is 0. The molecule has 2 N–H and O–H groups in total. The molecular formula is C24H22N4O3S2. The van der Waals surface area contributed by atoms with Gasteiger partial charge in [0.1, 0.15) is 0 Å². The van der Waals surface area contributed by atoms with Crippen molar-refractivity contribution in [3.05, 3.63) is 107 Å². The number of aryl methyl sites for hydroxylation is 2. The molecule has 1 aromatic heterocycles. The van der Waals surface area contributed by atoms with Crippen molar-refractivity contribution >= 4 is 32.4 Å². The SMILES string of the molecule is Cc1ccc(C(=O)Nc2nnc(S(=O)(=O)N[C@H](c3ccccc3)c3ccccc3C)s2)cc1. The topological polar surface area (TPSA) is 101 Å². The van der Waals surface area contributed by atoms with Gasteiger partial charge in [-0.1, -0.05) is 83.6 Å². The van der Waals surface area contributed by atoms with Crippen molar-refractivity contribution in [2.24, 2.45) is 0 Å². The highest BCUT2D eigenvalue weighted by Crippen LogP contribution is 2.28. The molecular weight excluding hydrogens is 456 g/mol. The Morgan fingerprint density at radius 3 is 2.24 bits per heavy atom. The van der Waals surface area contributed by atoms with Crippen LogP contribution in [0, 0.1) is 13.8 Å². The van der Waals surface area contributed by atoms with Crippen LogP contribution >= 0.6 is 11.3 Å². The van der Waals surface area contributed by atoms with Crippen LogP contribution in [0.3, 0.4) is 0 Å². The third kappa shape index (κ3) is 5.33. The molecule has 7 nitrogen and oxygen atoms in total. The van der Waals surface area contributed by atoms with E-state index < -0.39 is 16.1 Å². The first-order valence-electron chi connectivity index (χ1n) is 10.2. The van der Waals surface area contributed by atoms with E-state index in [2.05, 4.69) is 20.2 Å². The Morgan fingerprint density at radius 2 is 1.55 bits per heavy atom. The summed E-state index contributed by atoms with van der Waals surface area (Å²) in [5.41, 5.74) is 4.07. The number of amides is 1. The molecule has 33 heavy (non-hydrogen) atoms. The molecule has 1 heterocycles. The van der Waals surface area contributed by atoms with Gasteiger partial charge in [-0.3, -0.25) is 10.1 Å². The summed E-state index contributed by atoms with van der Waals surface area (Å²) in [4.78, 5) is 12.4. The van der Waals surface area contributed by atoms with E-state index in [9.17, 15) is 13.2 Å². The number of sulfonamides is 1. The highest BCUT2D eigenvalue weighted by Gasteiger charge is 2.27. The summed E-state index contributed by atoms with van der Waals surface area (Å²) in [6, 6.07) is 23.4. The number of carbonyl (C=O) groups excluding carboxylic acids is 1. The third-order valence-corrected chi connectivity index (χ3v) is 7.70. The standard InChI is InChI=1S/C24H22N4O3S2/c1-16-12-14-19(15-13-16)22(29)25-23-26-27-24(32-23)33(30,31)28-21(18-9-4-3-5-10-18)20-11-7-6-8-17(20)2/h3-15,21,28H,1-2H3,(H,25,26,29)/t21-/m1/s1. The second-order valence-corrected chi connectivity index (χ2v) is 10.4. The zero-order valence-electron chi connectivity index (χ0n) is 18.0. The lowest BCUT2D eigenvalue weighted by atomic mass is 9.96. The monoisotopic (exact) mass is 478 g/mol. The number of carbonyl (C=O) groups is 1. The fraction of sp³-hybridized carbons (Fsp3) is 0.125. The summed E-state index contributed by atoms with van der Waals surface area (Å²) in [7, 11) is -4.01. The molecule has 3 aromatic carbocycles. The summed E-state index contributed by atoms with van der Waals surface area (Å²) >= 11 is 0.798. The minimum absolute atomic E-state index is 0.105. The van der Waals surface area contributed by atoms with Gasteiger partial charge in [0.2, 0.25) is 9.47 Å². The van der Waals surface area contributed by atoms with Crippen LogP contribution in [0.4, 0.5) is 5.13 Å². The molecule has 9 heteroatoms. The van der Waals surface area contributed by atoms with Gasteiger partial charge in [-0.15, -0.1) is 10.2 Å². The van der Waals surface area contributed by atoms with Crippen LogP contribution in [0.1, 0.15) is 38.7 Å². The molecule has 0 aliphatic heterocycles. The zero-order chi connectivity index (χ0) is 23.4. The number of hydrogen-bond donors (Lipinski definition) is 2. The van der Waals surface area contributed by atoms with Crippen molar-refractivity contribution in [1.82, 2.24) is 14.9 Å². The summed E-state index contributed by atoms with van der Waals surface area (Å²) in [5, 5.41) is 10.4. The van der Waals surface area contributed by atoms with Gasteiger partial charge in [0.15, 0.2) is 0 Å². The minimum Gasteiger partial charge on any atom is -0.296 e. The molecule has 0 bridgehead atoms. The van der Waals surface area contributed by atoms with Crippen molar-refractivity contribution in [3.8, 4) is 0 Å². The predicted molar refractivity (Wildman–Crippen MR) is 129 cm³/mol. The van der Waals surface area contributed by atoms with Crippen molar-refractivity contribution in [2.75, 3.05) is 5.32 Å². The molecule has 0 aliphatic carbocycles. The maximum absolute atomic E-state index is 13.2. The maximum Gasteiger partial charge on any atom is 0.270 e. The first-order valence-corrected chi connectivity index (χ1v) is 12.5. The van der Waals surface area contributed by atoms with Gasteiger partial charge in [0, 0.05) is 5.56 Å². The Kier molecular flexibility index (Phi) is 6.64. The highest BCUT2D eigenvalue weighted by atomic mass is 32.2. The fourth-order valence-electron chi connectivity index (χ4n) is 3.32. The Morgan fingerprint density at radius 1 is 0.879 bits per heavy atom. The third-order valence-electron chi connectivity index (χ3n) is 5.08. The first kappa shape index (κ1) is 22.8. The molecule has 1 amide bonds. The second-order valence-electron chi connectivity index (χ2n) is 7.51. The van der Waals surface area contributed by atoms with Crippen molar-refractivity contribution in [3.63, 3.8) is 0 Å². The fourth-order valence-corrected chi connectivity index (χ4v) is 5.43. The van der Waals surface area contributed by atoms with Gasteiger partial charge in [-0.25, -0.2) is 8.42 Å². The van der Waals surface area contributed by atoms with E-state index in [0.717, 1.165) is 33.6 Å². The number of hydrogen-bond acceptors (Lipinski definition) is 6. The Balaban J connectivity index is 1.58. The number of rotatable bonds is 7. The molecule has 0 aliphatic rings. The molecule has 0 fully saturated rings. The van der Waals surface area contributed by atoms with Crippen LogP contribution < -0.4 is 10.0 Å². The zero-order valence-corrected chi connectivity index (χ0v) is 19.7. The lowest BCUT2D eigenvalue weighted by molar-refractivity contribution is 0.102. The van der Waals surface area contributed by atoms with Gasteiger partial charge < -0.3 is 0 Å². The smallest absolute Gasteiger partial charge is 0.270 e. The first-order chi connectivity index (χ1) is 15.8. The normalized spacial score (nSPS) is 12.3. The van der Waals surface area contributed by atoms with E-state index in [1.54, 1.807) is 12.1 Å². The lowest BCUT2D eigenvalue weighted by Crippen LogP contribution is -2.30. The number of nitrogens with one attached hydrogen (secondary N) is 2. The van der Waals surface area contributed by atoms with Gasteiger partial charge in [0.05, 0.1) is 6.04 Å². The number of aromatic nitrogens is 2. The Labute approximate surface area is 196 Å². The highest BCUT2D eigenvalue weighted by molar-refractivity contribution is 7.91. The van der Waals surface area contributed by atoms with Gasteiger partial charge in [0.25, 0.3) is 15.9 Å². The van der Waals surface area contributed by atoms with Crippen LogP contribution in [-0.2, 0) is 10.0 Å². The predicted octanol–water partition coefficient (Wildman–Crippen LogP) is 4.48. The van der Waals surface area contributed by atoms with E-state index in [-0.39, 0.29) is 15.4 Å². The van der Waals surface area contributed by atoms with Crippen LogP contribution in [0.15, 0.2) is 83.2 Å².